The van der Waals surface area contributed by atoms with E-state index < -0.39 is 33.5 Å². The minimum atomic E-state index is -3.74. The number of sulfonamides is 1. The molecule has 0 heterocycles. The van der Waals surface area contributed by atoms with E-state index in [1.54, 1.807) is 34.6 Å². The lowest BCUT2D eigenvalue weighted by Gasteiger charge is -2.28. The molecule has 1 aromatic carbocycles. The van der Waals surface area contributed by atoms with Gasteiger partial charge in [0.05, 0.1) is 16.5 Å². The lowest BCUT2D eigenvalue weighted by atomic mass is 9.90. The molecule has 9 heteroatoms. The molecule has 0 aliphatic heterocycles. The Kier molecular flexibility index (Phi) is 7.73. The van der Waals surface area contributed by atoms with Crippen molar-refractivity contribution in [2.24, 2.45) is 5.92 Å². The highest BCUT2D eigenvalue weighted by atomic mass is 32.2. The van der Waals surface area contributed by atoms with Crippen LogP contribution in [0.2, 0.25) is 0 Å². The van der Waals surface area contributed by atoms with Gasteiger partial charge < -0.3 is 10.1 Å². The van der Waals surface area contributed by atoms with Crippen molar-refractivity contribution in [3.05, 3.63) is 29.3 Å². The molecule has 2 atom stereocenters. The number of carbonyl (C=O) groups is 2. The van der Waals surface area contributed by atoms with E-state index in [1.165, 1.54) is 25.1 Å². The molecule has 0 saturated carbocycles. The third-order valence-electron chi connectivity index (χ3n) is 4.50. The van der Waals surface area contributed by atoms with Crippen LogP contribution < -0.4 is 10.0 Å². The van der Waals surface area contributed by atoms with Crippen LogP contribution in [0.4, 0.5) is 0 Å². The molecule has 0 aromatic heterocycles. The minimum absolute atomic E-state index is 0.0468. The summed E-state index contributed by atoms with van der Waals surface area (Å²) in [5.41, 5.74) is -0.546. The fraction of sp³-hybridized carbons (Fsp3) is 0.526. The van der Waals surface area contributed by atoms with Crippen molar-refractivity contribution in [1.82, 2.24) is 10.0 Å². The van der Waals surface area contributed by atoms with E-state index in [2.05, 4.69) is 10.0 Å². The lowest BCUT2D eigenvalue weighted by Crippen LogP contribution is -2.52. The van der Waals surface area contributed by atoms with E-state index in [0.717, 1.165) is 0 Å². The SMILES string of the molecule is CCNS(=O)(=O)c1ccc(C)c(C(=O)O[C@@H](C)C(=O)N[C@@](C)(C#N)C(C)C)c1. The molecule has 1 amide bonds. The van der Waals surface area contributed by atoms with Gasteiger partial charge in [-0.05, 0) is 44.4 Å². The predicted molar refractivity (Wildman–Crippen MR) is 104 cm³/mol. The molecule has 28 heavy (non-hydrogen) atoms. The number of hydrogen-bond donors (Lipinski definition) is 2. The van der Waals surface area contributed by atoms with E-state index in [0.29, 0.717) is 5.56 Å². The maximum Gasteiger partial charge on any atom is 0.339 e. The van der Waals surface area contributed by atoms with Crippen LogP contribution in [-0.4, -0.2) is 38.5 Å². The van der Waals surface area contributed by atoms with Crippen LogP contribution in [0.25, 0.3) is 0 Å². The van der Waals surface area contributed by atoms with Gasteiger partial charge in [0, 0.05) is 6.54 Å². The Balaban J connectivity index is 3.02. The molecule has 2 N–H and O–H groups in total. The quantitative estimate of drug-likeness (QED) is 0.632. The van der Waals surface area contributed by atoms with Gasteiger partial charge in [-0.3, -0.25) is 4.79 Å². The highest BCUT2D eigenvalue weighted by molar-refractivity contribution is 7.89. The van der Waals surface area contributed by atoms with Gasteiger partial charge in [0.1, 0.15) is 5.54 Å². The number of amides is 1. The maximum atomic E-state index is 12.5. The molecular formula is C19H27N3O5S. The standard InChI is InChI=1S/C19H27N3O5S/c1-7-21-28(25,26)15-9-8-13(4)16(10-15)18(24)27-14(5)17(23)22-19(6,11-20)12(2)3/h8-10,12,14,21H,7H2,1-6H3,(H,22,23)/t14-,19-/m0/s1. The molecule has 154 valence electrons. The van der Waals surface area contributed by atoms with Gasteiger partial charge >= 0.3 is 5.97 Å². The zero-order chi connectivity index (χ0) is 21.7. The van der Waals surface area contributed by atoms with E-state index >= 15 is 0 Å². The summed E-state index contributed by atoms with van der Waals surface area (Å²) in [5.74, 6) is -1.59. The number of esters is 1. The average molecular weight is 410 g/mol. The summed E-state index contributed by atoms with van der Waals surface area (Å²) in [6.45, 7) is 10.0. The number of carbonyl (C=O) groups excluding carboxylic acids is 2. The fourth-order valence-electron chi connectivity index (χ4n) is 2.20. The fourth-order valence-corrected chi connectivity index (χ4v) is 3.26. The summed E-state index contributed by atoms with van der Waals surface area (Å²) in [6, 6.07) is 6.15. The van der Waals surface area contributed by atoms with Gasteiger partial charge in [-0.1, -0.05) is 26.8 Å². The Bertz CT molecular complexity index is 889. The van der Waals surface area contributed by atoms with Crippen molar-refractivity contribution < 1.29 is 22.7 Å². The van der Waals surface area contributed by atoms with Gasteiger partial charge in [-0.25, -0.2) is 17.9 Å². The Hall–Kier alpha value is -2.44. The first-order valence-electron chi connectivity index (χ1n) is 8.92. The summed E-state index contributed by atoms with van der Waals surface area (Å²) in [7, 11) is -3.74. The molecule has 1 aromatic rings. The van der Waals surface area contributed by atoms with Crippen molar-refractivity contribution in [2.45, 2.75) is 58.1 Å². The summed E-state index contributed by atoms with van der Waals surface area (Å²) < 4.78 is 31.8. The van der Waals surface area contributed by atoms with Crippen molar-refractivity contribution >= 4 is 21.9 Å². The number of nitriles is 1. The Labute approximate surface area is 166 Å². The topological polar surface area (TPSA) is 125 Å². The van der Waals surface area contributed by atoms with Crippen LogP contribution in [0.5, 0.6) is 0 Å². The van der Waals surface area contributed by atoms with E-state index in [4.69, 9.17) is 4.74 Å². The van der Waals surface area contributed by atoms with Gasteiger partial charge in [-0.2, -0.15) is 5.26 Å². The molecule has 1 rings (SSSR count). The van der Waals surface area contributed by atoms with Crippen LogP contribution >= 0.6 is 0 Å². The molecule has 0 bridgehead atoms. The molecule has 0 spiro atoms. The first kappa shape index (κ1) is 23.6. The number of benzene rings is 1. The van der Waals surface area contributed by atoms with Crippen molar-refractivity contribution in [2.75, 3.05) is 6.54 Å². The molecule has 8 nitrogen and oxygen atoms in total. The molecule has 0 aliphatic carbocycles. The number of nitrogens with zero attached hydrogens (tertiary/aromatic N) is 1. The average Bonchev–Trinajstić information content (AvgIpc) is 2.61. The lowest BCUT2D eigenvalue weighted by molar-refractivity contribution is -0.130. The number of ether oxygens (including phenoxy) is 1. The second kappa shape index (κ2) is 9.17. The zero-order valence-electron chi connectivity index (χ0n) is 17.0. The highest BCUT2D eigenvalue weighted by Gasteiger charge is 2.33. The Morgan fingerprint density at radius 2 is 1.89 bits per heavy atom. The molecule has 0 unspecified atom stereocenters. The highest BCUT2D eigenvalue weighted by Crippen LogP contribution is 2.18. The van der Waals surface area contributed by atoms with Crippen molar-refractivity contribution in [3.8, 4) is 6.07 Å². The Morgan fingerprint density at radius 3 is 2.39 bits per heavy atom. The molecule has 0 aliphatic rings. The Morgan fingerprint density at radius 1 is 1.29 bits per heavy atom. The van der Waals surface area contributed by atoms with Crippen molar-refractivity contribution in [3.63, 3.8) is 0 Å². The molecular weight excluding hydrogens is 382 g/mol. The third-order valence-corrected chi connectivity index (χ3v) is 6.04. The van der Waals surface area contributed by atoms with Crippen LogP contribution in [-0.2, 0) is 19.6 Å². The van der Waals surface area contributed by atoms with Gasteiger partial charge in [0.2, 0.25) is 10.0 Å². The number of nitrogens with one attached hydrogen (secondary N) is 2. The van der Waals surface area contributed by atoms with Crippen molar-refractivity contribution in [1.29, 1.82) is 5.26 Å². The number of hydrogen-bond acceptors (Lipinski definition) is 6. The van der Waals surface area contributed by atoms with Gasteiger partial charge in [-0.15, -0.1) is 0 Å². The third kappa shape index (κ3) is 5.53. The van der Waals surface area contributed by atoms with Crippen LogP contribution in [0.15, 0.2) is 23.1 Å². The van der Waals surface area contributed by atoms with Gasteiger partial charge in [0.15, 0.2) is 6.10 Å². The van der Waals surface area contributed by atoms with Crippen LogP contribution in [0.3, 0.4) is 0 Å². The summed E-state index contributed by atoms with van der Waals surface area (Å²) in [4.78, 5) is 24.8. The molecule has 0 fully saturated rings. The summed E-state index contributed by atoms with van der Waals surface area (Å²) >= 11 is 0. The normalized spacial score (nSPS) is 14.6. The van der Waals surface area contributed by atoms with Gasteiger partial charge in [0.25, 0.3) is 5.91 Å². The first-order chi connectivity index (χ1) is 12.9. The van der Waals surface area contributed by atoms with E-state index in [1.807, 2.05) is 6.07 Å². The first-order valence-corrected chi connectivity index (χ1v) is 10.4. The van der Waals surface area contributed by atoms with Crippen LogP contribution in [0.1, 0.15) is 50.5 Å². The van der Waals surface area contributed by atoms with E-state index in [9.17, 15) is 23.3 Å². The molecule has 0 saturated heterocycles. The second-order valence-corrected chi connectivity index (χ2v) is 8.75. The largest absolute Gasteiger partial charge is 0.449 e. The van der Waals surface area contributed by atoms with Crippen LogP contribution in [0, 0.1) is 24.2 Å². The second-order valence-electron chi connectivity index (χ2n) is 6.98. The monoisotopic (exact) mass is 409 g/mol. The smallest absolute Gasteiger partial charge is 0.339 e. The molecule has 0 radical (unpaired) electrons. The number of aryl methyl sites for hydroxylation is 1. The minimum Gasteiger partial charge on any atom is -0.449 e. The number of rotatable bonds is 8. The predicted octanol–water partition coefficient (Wildman–Crippen LogP) is 1.89. The zero-order valence-corrected chi connectivity index (χ0v) is 17.8. The summed E-state index contributed by atoms with van der Waals surface area (Å²) in [6.07, 6.45) is -1.16. The summed E-state index contributed by atoms with van der Waals surface area (Å²) in [5, 5.41) is 11.9. The van der Waals surface area contributed by atoms with E-state index in [-0.39, 0.29) is 22.9 Å². The maximum absolute atomic E-state index is 12.5.